The fraction of sp³-hybridized carbons (Fsp3) is 0.243. The first-order chi connectivity index (χ1) is 23.3. The smallest absolute Gasteiger partial charge is 0.337 e. The molecule has 48 heavy (non-hydrogen) atoms. The number of benzene rings is 4. The lowest BCUT2D eigenvalue weighted by atomic mass is 9.98. The fourth-order valence-electron chi connectivity index (χ4n) is 5.82. The third-order valence-electron chi connectivity index (χ3n) is 8.36. The Morgan fingerprint density at radius 2 is 1.65 bits per heavy atom. The van der Waals surface area contributed by atoms with Crippen LogP contribution in [0, 0.1) is 0 Å². The minimum Gasteiger partial charge on any atom is -0.496 e. The highest BCUT2D eigenvalue weighted by molar-refractivity contribution is 5.98. The van der Waals surface area contributed by atoms with Crippen LogP contribution in [0.15, 0.2) is 91.0 Å². The zero-order valence-corrected chi connectivity index (χ0v) is 26.6. The molecule has 3 heterocycles. The molecular formula is C37H35N3O8. The second-order valence-corrected chi connectivity index (χ2v) is 11.5. The molecule has 0 radical (unpaired) electrons. The lowest BCUT2D eigenvalue weighted by Gasteiger charge is -2.39. The van der Waals surface area contributed by atoms with Crippen molar-refractivity contribution in [2.45, 2.75) is 25.1 Å². The first kappa shape index (κ1) is 32.1. The zero-order valence-electron chi connectivity index (χ0n) is 26.6. The Hall–Kier alpha value is -5.84. The molecule has 0 aromatic heterocycles. The van der Waals surface area contributed by atoms with Crippen LogP contribution in [0.1, 0.15) is 43.1 Å². The predicted molar refractivity (Wildman–Crippen MR) is 176 cm³/mol. The summed E-state index contributed by atoms with van der Waals surface area (Å²) in [6, 6.07) is 25.5. The number of carbonyl (C=O) groups is 4. The number of nitrogens with zero attached hydrogens (tertiary/aromatic N) is 1. The summed E-state index contributed by atoms with van der Waals surface area (Å²) in [5, 5.41) is 5.99. The van der Waals surface area contributed by atoms with Crippen LogP contribution in [-0.4, -0.2) is 74.7 Å². The summed E-state index contributed by atoms with van der Waals surface area (Å²) >= 11 is 0. The van der Waals surface area contributed by atoms with E-state index in [1.165, 1.54) is 13.2 Å². The maximum Gasteiger partial charge on any atom is 0.337 e. The van der Waals surface area contributed by atoms with Gasteiger partial charge in [0.1, 0.15) is 23.4 Å². The average Bonchev–Trinajstić information content (AvgIpc) is 3.13. The van der Waals surface area contributed by atoms with Gasteiger partial charge in [-0.15, -0.1) is 0 Å². The molecule has 3 aliphatic heterocycles. The van der Waals surface area contributed by atoms with Gasteiger partial charge in [0.2, 0.25) is 0 Å². The number of likely N-dealkylation sites (tertiary alicyclic amines) is 1. The molecule has 11 nitrogen and oxygen atoms in total. The summed E-state index contributed by atoms with van der Waals surface area (Å²) in [6.07, 6.45) is -0.0200. The molecule has 3 amide bonds. The Morgan fingerprint density at radius 3 is 2.44 bits per heavy atom. The molecule has 1 saturated heterocycles. The quantitative estimate of drug-likeness (QED) is 0.315. The van der Waals surface area contributed by atoms with Gasteiger partial charge in [-0.3, -0.25) is 14.4 Å². The minimum absolute atomic E-state index is 0.163. The summed E-state index contributed by atoms with van der Waals surface area (Å²) in [6.45, 7) is 0.685. The second-order valence-electron chi connectivity index (χ2n) is 11.5. The van der Waals surface area contributed by atoms with E-state index in [-0.39, 0.29) is 36.4 Å². The molecule has 246 valence electrons. The van der Waals surface area contributed by atoms with Gasteiger partial charge >= 0.3 is 5.97 Å². The molecule has 0 saturated carbocycles. The zero-order chi connectivity index (χ0) is 33.6. The van der Waals surface area contributed by atoms with Crippen LogP contribution in [0.2, 0.25) is 0 Å². The Balaban J connectivity index is 1.33. The highest BCUT2D eigenvalue weighted by Crippen LogP contribution is 2.33. The van der Waals surface area contributed by atoms with Gasteiger partial charge < -0.3 is 34.5 Å². The molecule has 0 spiro atoms. The van der Waals surface area contributed by atoms with Gasteiger partial charge in [0, 0.05) is 42.7 Å². The van der Waals surface area contributed by atoms with E-state index in [0.29, 0.717) is 53.4 Å². The van der Waals surface area contributed by atoms with Crippen molar-refractivity contribution < 1.29 is 38.1 Å². The third-order valence-corrected chi connectivity index (χ3v) is 8.36. The van der Waals surface area contributed by atoms with Gasteiger partial charge in [-0.25, -0.2) is 4.79 Å². The average molecular weight is 650 g/mol. The molecule has 11 heteroatoms. The van der Waals surface area contributed by atoms with E-state index in [2.05, 4.69) is 10.6 Å². The molecule has 4 aromatic carbocycles. The number of hydrogen-bond acceptors (Lipinski definition) is 8. The molecule has 6 bridgehead atoms. The number of fused-ring (bicyclic) bond motifs is 7. The van der Waals surface area contributed by atoms with Gasteiger partial charge in [-0.2, -0.15) is 0 Å². The maximum absolute atomic E-state index is 13.9. The Morgan fingerprint density at radius 1 is 0.854 bits per heavy atom. The largest absolute Gasteiger partial charge is 0.496 e. The number of piperidine rings is 1. The third kappa shape index (κ3) is 7.25. The first-order valence-corrected chi connectivity index (χ1v) is 15.5. The van der Waals surface area contributed by atoms with Crippen molar-refractivity contribution in [3.05, 3.63) is 113 Å². The second kappa shape index (κ2) is 14.3. The number of esters is 1. The normalized spacial score (nSPS) is 17.8. The number of ether oxygens (including phenoxy) is 4. The van der Waals surface area contributed by atoms with Crippen molar-refractivity contribution in [1.29, 1.82) is 0 Å². The summed E-state index contributed by atoms with van der Waals surface area (Å²) in [7, 11) is 2.84. The fourth-order valence-corrected chi connectivity index (χ4v) is 5.82. The first-order valence-electron chi connectivity index (χ1n) is 15.5. The molecule has 1 fully saturated rings. The molecule has 2 atom stereocenters. The number of nitrogens with one attached hydrogen (secondary N) is 2. The number of hydrogen-bond donors (Lipinski definition) is 2. The number of carbonyl (C=O) groups excluding carboxylic acids is 4. The van der Waals surface area contributed by atoms with Crippen molar-refractivity contribution in [2.24, 2.45) is 0 Å². The van der Waals surface area contributed by atoms with Crippen LogP contribution in [0.25, 0.3) is 11.1 Å². The predicted octanol–water partition coefficient (Wildman–Crippen LogP) is 4.25. The van der Waals surface area contributed by atoms with E-state index < -0.39 is 18.1 Å². The van der Waals surface area contributed by atoms with Gasteiger partial charge in [0.15, 0.2) is 6.61 Å². The molecule has 7 rings (SSSR count). The highest BCUT2D eigenvalue weighted by Gasteiger charge is 2.35. The number of rotatable bonds is 3. The Kier molecular flexibility index (Phi) is 9.56. The minimum atomic E-state index is -0.578. The lowest BCUT2D eigenvalue weighted by Crippen LogP contribution is -2.58. The Labute approximate surface area is 277 Å². The molecule has 2 N–H and O–H groups in total. The van der Waals surface area contributed by atoms with Crippen LogP contribution in [0.5, 0.6) is 17.2 Å². The van der Waals surface area contributed by atoms with Crippen molar-refractivity contribution in [2.75, 3.05) is 33.9 Å². The highest BCUT2D eigenvalue weighted by atomic mass is 16.5. The molecule has 4 aromatic rings. The van der Waals surface area contributed by atoms with E-state index in [4.69, 9.17) is 18.9 Å². The van der Waals surface area contributed by atoms with E-state index in [9.17, 15) is 19.2 Å². The van der Waals surface area contributed by atoms with E-state index in [1.54, 1.807) is 66.6 Å². The van der Waals surface area contributed by atoms with Crippen molar-refractivity contribution >= 4 is 23.7 Å². The van der Waals surface area contributed by atoms with Crippen LogP contribution in [-0.2, 0) is 16.1 Å². The van der Waals surface area contributed by atoms with Gasteiger partial charge in [-0.1, -0.05) is 30.3 Å². The van der Waals surface area contributed by atoms with Gasteiger partial charge in [0.25, 0.3) is 17.7 Å². The molecule has 3 aliphatic rings. The topological polar surface area (TPSA) is 132 Å². The summed E-state index contributed by atoms with van der Waals surface area (Å²) in [4.78, 5) is 53.8. The van der Waals surface area contributed by atoms with E-state index >= 15 is 0 Å². The SMILES string of the molecule is COC(=O)c1cccc(C(=O)N2CC[C@H]3Oc4ccc(cc4)CNC(=O)COc4cccc(c4)-c4cc(ccc4OC)C(=O)N[C@@H]3C2)c1. The van der Waals surface area contributed by atoms with Crippen molar-refractivity contribution in [3.8, 4) is 28.4 Å². The maximum atomic E-state index is 13.9. The standard InChI is InChI=1S/C37H35N3O8/c1-45-32-14-11-25-19-30(32)24-5-4-8-29(18-24)47-22-34(41)38-20-23-9-12-28(13-10-23)48-33-15-16-40(21-31(33)39-35(25)42)36(43)26-6-3-7-27(17-26)37(44)46-2/h3-14,17-19,31,33H,15-16,20-22H2,1-2H3,(H,38,41)(H,39,42)/t31-,33-/m1/s1. The molecular weight excluding hydrogens is 614 g/mol. The van der Waals surface area contributed by atoms with Crippen molar-refractivity contribution in [3.63, 3.8) is 0 Å². The molecule has 0 unspecified atom stereocenters. The van der Waals surface area contributed by atoms with Crippen LogP contribution >= 0.6 is 0 Å². The van der Waals surface area contributed by atoms with Crippen LogP contribution in [0.3, 0.4) is 0 Å². The Bertz CT molecular complexity index is 1840. The summed E-state index contributed by atoms with van der Waals surface area (Å²) in [5.74, 6) is 0.188. The van der Waals surface area contributed by atoms with Crippen LogP contribution < -0.4 is 24.8 Å². The van der Waals surface area contributed by atoms with E-state index in [0.717, 1.165) is 11.1 Å². The summed E-state index contributed by atoms with van der Waals surface area (Å²) in [5.41, 5.74) is 3.25. The number of amides is 3. The number of methoxy groups -OCH3 is 2. The monoisotopic (exact) mass is 649 g/mol. The van der Waals surface area contributed by atoms with Gasteiger partial charge in [-0.05, 0) is 71.8 Å². The van der Waals surface area contributed by atoms with Crippen LogP contribution in [0.4, 0.5) is 0 Å². The van der Waals surface area contributed by atoms with Gasteiger partial charge in [0.05, 0.1) is 25.8 Å². The summed E-state index contributed by atoms with van der Waals surface area (Å²) < 4.78 is 22.6. The lowest BCUT2D eigenvalue weighted by molar-refractivity contribution is -0.123. The molecule has 0 aliphatic carbocycles. The van der Waals surface area contributed by atoms with E-state index in [1.807, 2.05) is 30.3 Å². The van der Waals surface area contributed by atoms with Crippen molar-refractivity contribution in [1.82, 2.24) is 15.5 Å².